The van der Waals surface area contributed by atoms with Crippen molar-refractivity contribution >= 4 is 5.82 Å². The number of nitrogens with two attached hydrogens (primary N) is 1. The minimum absolute atomic E-state index is 0.0331. The lowest BCUT2D eigenvalue weighted by molar-refractivity contribution is 0.108. The number of anilines is 1. The van der Waals surface area contributed by atoms with Crippen molar-refractivity contribution in [3.63, 3.8) is 0 Å². The number of hydrogen-bond acceptors (Lipinski definition) is 2. The van der Waals surface area contributed by atoms with E-state index in [1.807, 2.05) is 6.92 Å². The van der Waals surface area contributed by atoms with Crippen molar-refractivity contribution in [3.05, 3.63) is 12.3 Å². The predicted octanol–water partition coefficient (Wildman–Crippen LogP) is 2.15. The Bertz CT molecular complexity index is 273. The van der Waals surface area contributed by atoms with Crippen LogP contribution in [-0.2, 0) is 6.54 Å². The lowest BCUT2D eigenvalue weighted by Crippen LogP contribution is -2.13. The van der Waals surface area contributed by atoms with Crippen LogP contribution < -0.4 is 5.73 Å². The summed E-state index contributed by atoms with van der Waals surface area (Å²) in [5.41, 5.74) is 5.42. The van der Waals surface area contributed by atoms with Crippen LogP contribution in [0.5, 0.6) is 0 Å². The van der Waals surface area contributed by atoms with E-state index in [9.17, 15) is 8.78 Å². The summed E-state index contributed by atoms with van der Waals surface area (Å²) in [6.07, 6.45) is 0.122. The van der Waals surface area contributed by atoms with Crippen LogP contribution in [0.1, 0.15) is 19.8 Å². The largest absolute Gasteiger partial charge is 0.382 e. The number of aromatic nitrogens is 2. The fraction of sp³-hybridized carbons (Fsp3) is 0.667. The second-order valence-corrected chi connectivity index (χ2v) is 3.36. The molecule has 80 valence electrons. The van der Waals surface area contributed by atoms with E-state index in [2.05, 4.69) is 5.10 Å². The summed E-state index contributed by atoms with van der Waals surface area (Å²) < 4.78 is 25.9. The van der Waals surface area contributed by atoms with Gasteiger partial charge in [-0.1, -0.05) is 13.3 Å². The van der Waals surface area contributed by atoms with E-state index in [-0.39, 0.29) is 12.3 Å². The molecule has 1 aromatic rings. The topological polar surface area (TPSA) is 43.8 Å². The highest BCUT2D eigenvalue weighted by Gasteiger charge is 2.14. The third kappa shape index (κ3) is 3.32. The van der Waals surface area contributed by atoms with Gasteiger partial charge in [0, 0.05) is 19.2 Å². The van der Waals surface area contributed by atoms with Crippen LogP contribution in [0.2, 0.25) is 0 Å². The number of nitrogens with zero attached hydrogens (tertiary/aromatic N) is 2. The molecule has 5 heteroatoms. The molecule has 1 aromatic heterocycles. The summed E-state index contributed by atoms with van der Waals surface area (Å²) >= 11 is 0. The van der Waals surface area contributed by atoms with Gasteiger partial charge in [-0.15, -0.1) is 0 Å². The maximum absolute atomic E-state index is 12.1. The van der Waals surface area contributed by atoms with Crippen molar-refractivity contribution < 1.29 is 8.78 Å². The lowest BCUT2D eigenvalue weighted by atomic mass is 10.0. The van der Waals surface area contributed by atoms with Crippen LogP contribution >= 0.6 is 0 Å². The van der Waals surface area contributed by atoms with E-state index in [0.717, 1.165) is 6.42 Å². The average Bonchev–Trinajstić information content (AvgIpc) is 2.49. The Kier molecular flexibility index (Phi) is 3.85. The van der Waals surface area contributed by atoms with E-state index in [0.29, 0.717) is 12.4 Å². The maximum atomic E-state index is 12.1. The van der Waals surface area contributed by atoms with Gasteiger partial charge in [0.25, 0.3) is 0 Å². The second kappa shape index (κ2) is 4.93. The molecule has 3 nitrogen and oxygen atoms in total. The van der Waals surface area contributed by atoms with Crippen molar-refractivity contribution in [2.24, 2.45) is 5.92 Å². The maximum Gasteiger partial charge on any atom is 0.239 e. The Morgan fingerprint density at radius 1 is 1.57 bits per heavy atom. The normalized spacial score (nSPS) is 13.4. The summed E-state index contributed by atoms with van der Waals surface area (Å²) in [5, 5.41) is 3.96. The van der Waals surface area contributed by atoms with E-state index < -0.39 is 6.43 Å². The molecule has 2 N–H and O–H groups in total. The van der Waals surface area contributed by atoms with Crippen LogP contribution in [0.3, 0.4) is 0 Å². The van der Waals surface area contributed by atoms with Crippen molar-refractivity contribution in [1.82, 2.24) is 9.78 Å². The Labute approximate surface area is 81.9 Å². The summed E-state index contributed by atoms with van der Waals surface area (Å²) in [6.45, 7) is 2.41. The van der Waals surface area contributed by atoms with Crippen LogP contribution in [0.15, 0.2) is 12.3 Å². The first-order chi connectivity index (χ1) is 6.61. The molecule has 1 rings (SSSR count). The second-order valence-electron chi connectivity index (χ2n) is 3.36. The lowest BCUT2D eigenvalue weighted by Gasteiger charge is -2.13. The molecule has 1 atom stereocenters. The standard InChI is InChI=1S/C9H15F2N3/c1-2-7(5-8(10)11)6-14-4-3-9(12)13-14/h3-4,7-8H,2,5-6H2,1H3,(H2,12,13). The van der Waals surface area contributed by atoms with Gasteiger partial charge in [0.2, 0.25) is 6.43 Å². The number of alkyl halides is 2. The smallest absolute Gasteiger partial charge is 0.239 e. The molecule has 0 fully saturated rings. The van der Waals surface area contributed by atoms with Crippen molar-refractivity contribution in [2.75, 3.05) is 5.73 Å². The van der Waals surface area contributed by atoms with E-state index >= 15 is 0 Å². The molecule has 0 saturated heterocycles. The van der Waals surface area contributed by atoms with Crippen LogP contribution in [-0.4, -0.2) is 16.2 Å². The first kappa shape index (κ1) is 10.9. The minimum Gasteiger partial charge on any atom is -0.382 e. The van der Waals surface area contributed by atoms with Crippen molar-refractivity contribution in [2.45, 2.75) is 32.7 Å². The first-order valence-electron chi connectivity index (χ1n) is 4.69. The molecular weight excluding hydrogens is 188 g/mol. The number of hydrogen-bond donors (Lipinski definition) is 1. The van der Waals surface area contributed by atoms with E-state index in [1.54, 1.807) is 16.9 Å². The third-order valence-electron chi connectivity index (χ3n) is 2.20. The quantitative estimate of drug-likeness (QED) is 0.796. The molecule has 0 aliphatic carbocycles. The van der Waals surface area contributed by atoms with E-state index in [1.165, 1.54) is 0 Å². The highest BCUT2D eigenvalue weighted by atomic mass is 19.3. The average molecular weight is 203 g/mol. The number of halogens is 2. The fourth-order valence-corrected chi connectivity index (χ4v) is 1.37. The third-order valence-corrected chi connectivity index (χ3v) is 2.20. The monoisotopic (exact) mass is 203 g/mol. The molecule has 14 heavy (non-hydrogen) atoms. The minimum atomic E-state index is -2.24. The zero-order valence-electron chi connectivity index (χ0n) is 8.16. The van der Waals surface area contributed by atoms with Crippen molar-refractivity contribution in [3.8, 4) is 0 Å². The number of rotatable bonds is 5. The summed E-state index contributed by atoms with van der Waals surface area (Å²) in [6, 6.07) is 1.66. The van der Waals surface area contributed by atoms with Gasteiger partial charge in [-0.05, 0) is 12.0 Å². The van der Waals surface area contributed by atoms with Gasteiger partial charge in [0.15, 0.2) is 0 Å². The van der Waals surface area contributed by atoms with Gasteiger partial charge in [-0.25, -0.2) is 8.78 Å². The molecule has 0 aromatic carbocycles. The van der Waals surface area contributed by atoms with Crippen LogP contribution in [0.4, 0.5) is 14.6 Å². The van der Waals surface area contributed by atoms with Gasteiger partial charge < -0.3 is 5.73 Å². The fourth-order valence-electron chi connectivity index (χ4n) is 1.37. The highest BCUT2D eigenvalue weighted by molar-refractivity contribution is 5.23. The zero-order valence-corrected chi connectivity index (χ0v) is 8.16. The molecule has 1 unspecified atom stereocenters. The SMILES string of the molecule is CCC(CC(F)F)Cn1ccc(N)n1. The van der Waals surface area contributed by atoms with Gasteiger partial charge in [0.1, 0.15) is 5.82 Å². The molecule has 1 heterocycles. The highest BCUT2D eigenvalue weighted by Crippen LogP contribution is 2.16. The summed E-state index contributed by atoms with van der Waals surface area (Å²) in [4.78, 5) is 0. The predicted molar refractivity (Wildman–Crippen MR) is 51.0 cm³/mol. The summed E-state index contributed by atoms with van der Waals surface area (Å²) in [5.74, 6) is 0.395. The van der Waals surface area contributed by atoms with Crippen LogP contribution in [0, 0.1) is 5.92 Å². The number of nitrogen functional groups attached to an aromatic ring is 1. The zero-order chi connectivity index (χ0) is 10.6. The van der Waals surface area contributed by atoms with Gasteiger partial charge in [-0.2, -0.15) is 5.10 Å². The molecule has 0 radical (unpaired) electrons. The van der Waals surface area contributed by atoms with Crippen molar-refractivity contribution in [1.29, 1.82) is 0 Å². The molecule has 0 amide bonds. The van der Waals surface area contributed by atoms with Gasteiger partial charge >= 0.3 is 0 Å². The molecule has 0 bridgehead atoms. The first-order valence-corrected chi connectivity index (χ1v) is 4.69. The van der Waals surface area contributed by atoms with E-state index in [4.69, 9.17) is 5.73 Å². The molecule has 0 aliphatic rings. The Morgan fingerprint density at radius 2 is 2.29 bits per heavy atom. The van der Waals surface area contributed by atoms with Gasteiger partial charge in [-0.3, -0.25) is 4.68 Å². The van der Waals surface area contributed by atoms with Gasteiger partial charge in [0.05, 0.1) is 0 Å². The Balaban J connectivity index is 2.48. The van der Waals surface area contributed by atoms with Crippen LogP contribution in [0.25, 0.3) is 0 Å². The summed E-state index contributed by atoms with van der Waals surface area (Å²) in [7, 11) is 0. The molecule has 0 saturated carbocycles. The Hall–Kier alpha value is -1.13. The molecular formula is C9H15F2N3. The molecule has 0 aliphatic heterocycles. The Morgan fingerprint density at radius 3 is 2.71 bits per heavy atom. The molecule has 0 spiro atoms.